The number of hydrogen-bond donors (Lipinski definition) is 1. The fourth-order valence-electron chi connectivity index (χ4n) is 1.43. The molecule has 0 amide bonds. The highest BCUT2D eigenvalue weighted by Gasteiger charge is 2.16. The molecular formula is C11H10ClN3O4S2. The Balaban J connectivity index is 2.29. The van der Waals surface area contributed by atoms with Crippen molar-refractivity contribution in [3.05, 3.63) is 41.8 Å². The SMILES string of the molecule is CS(=O)(=O)c1ccc(NS(=O)(=O)c2ccnc(Cl)c2)cn1. The lowest BCUT2D eigenvalue weighted by Crippen LogP contribution is -2.13. The van der Waals surface area contributed by atoms with E-state index in [0.717, 1.165) is 12.5 Å². The van der Waals surface area contributed by atoms with Crippen molar-refractivity contribution < 1.29 is 16.8 Å². The van der Waals surface area contributed by atoms with Gasteiger partial charge in [-0.1, -0.05) is 11.6 Å². The molecule has 0 aliphatic rings. The van der Waals surface area contributed by atoms with Crippen molar-refractivity contribution in [3.8, 4) is 0 Å². The molecule has 2 aromatic heterocycles. The maximum Gasteiger partial charge on any atom is 0.262 e. The van der Waals surface area contributed by atoms with Gasteiger partial charge in [0.2, 0.25) is 0 Å². The zero-order chi connectivity index (χ0) is 15.7. The van der Waals surface area contributed by atoms with Crippen molar-refractivity contribution in [1.29, 1.82) is 0 Å². The standard InChI is InChI=1S/C11H10ClN3O4S2/c1-20(16,17)11-3-2-8(7-14-11)15-21(18,19)9-4-5-13-10(12)6-9/h2-7,15H,1H3. The Kier molecular flexibility index (Phi) is 4.17. The first kappa shape index (κ1) is 15.7. The van der Waals surface area contributed by atoms with E-state index >= 15 is 0 Å². The summed E-state index contributed by atoms with van der Waals surface area (Å²) in [6.45, 7) is 0. The van der Waals surface area contributed by atoms with E-state index in [1.165, 1.54) is 30.5 Å². The van der Waals surface area contributed by atoms with Crippen molar-refractivity contribution in [3.63, 3.8) is 0 Å². The molecule has 0 radical (unpaired) electrons. The summed E-state index contributed by atoms with van der Waals surface area (Å²) in [5.41, 5.74) is 0.135. The van der Waals surface area contributed by atoms with Crippen molar-refractivity contribution in [2.24, 2.45) is 0 Å². The molecule has 2 heterocycles. The highest BCUT2D eigenvalue weighted by molar-refractivity contribution is 7.92. The van der Waals surface area contributed by atoms with Crippen molar-refractivity contribution in [2.45, 2.75) is 9.92 Å². The van der Waals surface area contributed by atoms with Gasteiger partial charge in [0, 0.05) is 12.5 Å². The summed E-state index contributed by atoms with van der Waals surface area (Å²) in [6, 6.07) is 5.01. The third-order valence-electron chi connectivity index (χ3n) is 2.38. The van der Waals surface area contributed by atoms with Crippen molar-refractivity contribution in [2.75, 3.05) is 11.0 Å². The van der Waals surface area contributed by atoms with Crippen LogP contribution in [0.4, 0.5) is 5.69 Å². The molecule has 2 aromatic rings. The number of nitrogens with one attached hydrogen (secondary N) is 1. The Morgan fingerprint density at radius 3 is 2.33 bits per heavy atom. The number of sulfonamides is 1. The van der Waals surface area contributed by atoms with Crippen molar-refractivity contribution in [1.82, 2.24) is 9.97 Å². The summed E-state index contributed by atoms with van der Waals surface area (Å²) in [7, 11) is -7.28. The molecule has 0 fully saturated rings. The summed E-state index contributed by atoms with van der Waals surface area (Å²) in [5, 5.41) is -0.0965. The Morgan fingerprint density at radius 2 is 1.81 bits per heavy atom. The van der Waals surface area contributed by atoms with Crippen LogP contribution in [0, 0.1) is 0 Å². The van der Waals surface area contributed by atoms with Gasteiger partial charge in [0.1, 0.15) is 5.15 Å². The lowest BCUT2D eigenvalue weighted by atomic mass is 10.4. The Labute approximate surface area is 127 Å². The number of halogens is 1. The number of sulfone groups is 1. The van der Waals surface area contributed by atoms with E-state index in [-0.39, 0.29) is 20.8 Å². The fraction of sp³-hybridized carbons (Fsp3) is 0.0909. The van der Waals surface area contributed by atoms with Crippen LogP contribution in [-0.4, -0.2) is 33.1 Å². The van der Waals surface area contributed by atoms with Crippen LogP contribution in [0.3, 0.4) is 0 Å². The molecule has 10 heteroatoms. The third kappa shape index (κ3) is 3.90. The monoisotopic (exact) mass is 347 g/mol. The number of hydrogen-bond acceptors (Lipinski definition) is 6. The highest BCUT2D eigenvalue weighted by Crippen LogP contribution is 2.18. The summed E-state index contributed by atoms with van der Waals surface area (Å²) in [4.78, 5) is 7.32. The molecule has 0 unspecified atom stereocenters. The molecule has 0 aliphatic carbocycles. The first-order valence-corrected chi connectivity index (χ1v) is 9.24. The minimum Gasteiger partial charge on any atom is -0.278 e. The molecule has 0 aliphatic heterocycles. The molecule has 0 aromatic carbocycles. The van der Waals surface area contributed by atoms with E-state index in [0.29, 0.717) is 0 Å². The van der Waals surface area contributed by atoms with E-state index in [1.807, 2.05) is 0 Å². The predicted octanol–water partition coefficient (Wildman–Crippen LogP) is 1.33. The lowest BCUT2D eigenvalue weighted by molar-refractivity contribution is 0.598. The van der Waals surface area contributed by atoms with E-state index in [2.05, 4.69) is 14.7 Å². The van der Waals surface area contributed by atoms with Gasteiger partial charge >= 0.3 is 0 Å². The minimum absolute atomic E-state index is 0.0448. The summed E-state index contributed by atoms with van der Waals surface area (Å²) in [6.07, 6.45) is 3.40. The quantitative estimate of drug-likeness (QED) is 0.836. The average molecular weight is 348 g/mol. The van der Waals surface area contributed by atoms with E-state index in [4.69, 9.17) is 11.6 Å². The third-order valence-corrected chi connectivity index (χ3v) is 4.96. The van der Waals surface area contributed by atoms with Gasteiger partial charge in [-0.05, 0) is 24.3 Å². The normalized spacial score (nSPS) is 12.1. The van der Waals surface area contributed by atoms with E-state index < -0.39 is 19.9 Å². The van der Waals surface area contributed by atoms with Gasteiger partial charge in [-0.15, -0.1) is 0 Å². The number of rotatable bonds is 4. The maximum absolute atomic E-state index is 12.1. The van der Waals surface area contributed by atoms with Gasteiger partial charge in [0.15, 0.2) is 14.9 Å². The highest BCUT2D eigenvalue weighted by atomic mass is 35.5. The molecule has 0 bridgehead atoms. The summed E-state index contributed by atoms with van der Waals surface area (Å²) >= 11 is 5.64. The van der Waals surface area contributed by atoms with Crippen LogP contribution in [0.1, 0.15) is 0 Å². The first-order chi connectivity index (χ1) is 9.68. The Hall–Kier alpha value is -1.71. The number of nitrogens with zero attached hydrogens (tertiary/aromatic N) is 2. The summed E-state index contributed by atoms with van der Waals surface area (Å²) in [5.74, 6) is 0. The van der Waals surface area contributed by atoms with Crippen LogP contribution in [0.5, 0.6) is 0 Å². The topological polar surface area (TPSA) is 106 Å². The smallest absolute Gasteiger partial charge is 0.262 e. The fourth-order valence-corrected chi connectivity index (χ4v) is 3.28. The molecule has 112 valence electrons. The molecule has 0 spiro atoms. The predicted molar refractivity (Wildman–Crippen MR) is 77.4 cm³/mol. The lowest BCUT2D eigenvalue weighted by Gasteiger charge is -2.08. The number of aromatic nitrogens is 2. The average Bonchev–Trinajstić information content (AvgIpc) is 2.38. The number of pyridine rings is 2. The Morgan fingerprint density at radius 1 is 1.10 bits per heavy atom. The van der Waals surface area contributed by atoms with Gasteiger partial charge in [-0.25, -0.2) is 26.8 Å². The molecule has 21 heavy (non-hydrogen) atoms. The number of anilines is 1. The van der Waals surface area contributed by atoms with E-state index in [1.54, 1.807) is 0 Å². The van der Waals surface area contributed by atoms with Gasteiger partial charge in [0.05, 0.1) is 16.8 Å². The van der Waals surface area contributed by atoms with Gasteiger partial charge in [-0.2, -0.15) is 0 Å². The molecule has 7 nitrogen and oxygen atoms in total. The molecule has 2 rings (SSSR count). The molecule has 0 saturated carbocycles. The first-order valence-electron chi connectivity index (χ1n) is 5.49. The van der Waals surface area contributed by atoms with Gasteiger partial charge in [-0.3, -0.25) is 4.72 Å². The van der Waals surface area contributed by atoms with Crippen LogP contribution < -0.4 is 4.72 Å². The second-order valence-electron chi connectivity index (χ2n) is 4.08. The van der Waals surface area contributed by atoms with Gasteiger partial charge in [0.25, 0.3) is 10.0 Å². The molecule has 0 atom stereocenters. The Bertz CT molecular complexity index is 865. The van der Waals surface area contributed by atoms with Crippen LogP contribution in [0.15, 0.2) is 46.6 Å². The minimum atomic E-state index is -3.85. The molecule has 1 N–H and O–H groups in total. The van der Waals surface area contributed by atoms with Crippen LogP contribution in [0.2, 0.25) is 5.15 Å². The summed E-state index contributed by atoms with van der Waals surface area (Å²) < 4.78 is 49.0. The molecular weight excluding hydrogens is 338 g/mol. The second kappa shape index (κ2) is 5.58. The maximum atomic E-state index is 12.1. The second-order valence-corrected chi connectivity index (χ2v) is 8.11. The van der Waals surface area contributed by atoms with E-state index in [9.17, 15) is 16.8 Å². The van der Waals surface area contributed by atoms with Crippen LogP contribution in [0.25, 0.3) is 0 Å². The zero-order valence-corrected chi connectivity index (χ0v) is 13.1. The van der Waals surface area contributed by atoms with Gasteiger partial charge < -0.3 is 0 Å². The zero-order valence-electron chi connectivity index (χ0n) is 10.7. The van der Waals surface area contributed by atoms with Crippen molar-refractivity contribution >= 4 is 37.1 Å². The van der Waals surface area contributed by atoms with Crippen LogP contribution in [-0.2, 0) is 19.9 Å². The molecule has 0 saturated heterocycles. The van der Waals surface area contributed by atoms with Crippen LogP contribution >= 0.6 is 11.6 Å². The largest absolute Gasteiger partial charge is 0.278 e.